The molecule has 13 heteroatoms. The minimum atomic E-state index is -4.99. The van der Waals surface area contributed by atoms with Gasteiger partial charge < -0.3 is 20.2 Å². The number of alkyl halides is 6. The molecule has 246 valence electrons. The van der Waals surface area contributed by atoms with Crippen molar-refractivity contribution in [2.75, 3.05) is 38.7 Å². The average Bonchev–Trinajstić information content (AvgIpc) is 2.99. The molecule has 0 amide bonds. The summed E-state index contributed by atoms with van der Waals surface area (Å²) in [6, 6.07) is 15.7. The van der Waals surface area contributed by atoms with Crippen molar-refractivity contribution >= 4 is 34.6 Å². The van der Waals surface area contributed by atoms with Crippen molar-refractivity contribution in [3.63, 3.8) is 0 Å². The first kappa shape index (κ1) is 36.5. The molecule has 0 heterocycles. The van der Waals surface area contributed by atoms with Gasteiger partial charge in [-0.05, 0) is 73.8 Å². The van der Waals surface area contributed by atoms with Gasteiger partial charge in [0.15, 0.2) is 0 Å². The average molecular weight is 679 g/mol. The zero-order valence-corrected chi connectivity index (χ0v) is 26.5. The van der Waals surface area contributed by atoms with Crippen LogP contribution in [-0.2, 0) is 22.8 Å². The van der Waals surface area contributed by atoms with Gasteiger partial charge in [0.25, 0.3) is 0 Å². The van der Waals surface area contributed by atoms with Crippen LogP contribution in [0.2, 0.25) is 10.0 Å². The molecule has 0 radical (unpaired) electrons. The van der Waals surface area contributed by atoms with E-state index < -0.39 is 35.0 Å². The van der Waals surface area contributed by atoms with E-state index in [1.165, 1.54) is 19.1 Å². The maximum atomic E-state index is 13.5. The number of hydrogen-bond donors (Lipinski definition) is 2. The van der Waals surface area contributed by atoms with Gasteiger partial charge in [0.05, 0.1) is 39.0 Å². The van der Waals surface area contributed by atoms with Gasteiger partial charge in [0.2, 0.25) is 0 Å². The molecule has 2 atom stereocenters. The van der Waals surface area contributed by atoms with E-state index in [0.717, 1.165) is 5.56 Å². The Morgan fingerprint density at radius 3 is 2.04 bits per heavy atom. The van der Waals surface area contributed by atoms with Gasteiger partial charge in [-0.2, -0.15) is 26.3 Å². The van der Waals surface area contributed by atoms with Crippen LogP contribution in [-0.4, -0.2) is 44.6 Å². The van der Waals surface area contributed by atoms with Crippen molar-refractivity contribution in [3.05, 3.63) is 99.0 Å². The largest absolute Gasteiger partial charge is 0.416 e. The van der Waals surface area contributed by atoms with Crippen molar-refractivity contribution in [1.82, 2.24) is 5.32 Å². The van der Waals surface area contributed by atoms with Crippen LogP contribution in [0.1, 0.15) is 54.4 Å². The van der Waals surface area contributed by atoms with E-state index >= 15 is 0 Å². The Bertz CT molecular complexity index is 1400. The maximum Gasteiger partial charge on any atom is 0.416 e. The maximum absolute atomic E-state index is 13.5. The molecule has 0 saturated carbocycles. The Balaban J connectivity index is 1.86. The van der Waals surface area contributed by atoms with Gasteiger partial charge in [0, 0.05) is 18.7 Å². The summed E-state index contributed by atoms with van der Waals surface area (Å²) in [5.74, 6) is -0.512. The van der Waals surface area contributed by atoms with E-state index in [0.29, 0.717) is 60.8 Å². The predicted molar refractivity (Wildman–Crippen MR) is 166 cm³/mol. The standard InChI is InChI=1S/C32H35Cl2F6N3O2/c1-4-30(44,22-8-6-5-7-9-22)13-15-41-14-12-26(21-10-11-27(33)28(34)16-21)29(42-45-3)20-43(2)25-18-23(31(35,36)37)17-24(19-25)32(38,39)40/h5-11,16-19,26,41,44H,4,12-15,20H2,1-3H3/b42-29-. The second-order valence-corrected chi connectivity index (χ2v) is 11.5. The SMILES string of the molecule is CCC(O)(CCNCCC(/C(CN(C)c1cc(C(F)(F)F)cc(C(F)(F)F)c1)=N\OC)c1ccc(Cl)c(Cl)c1)c1ccccc1. The summed E-state index contributed by atoms with van der Waals surface area (Å²) in [6.07, 6.45) is -8.63. The molecule has 45 heavy (non-hydrogen) atoms. The van der Waals surface area contributed by atoms with Crippen LogP contribution in [0, 0.1) is 0 Å². The number of halogens is 8. The minimum Gasteiger partial charge on any atom is -0.399 e. The highest BCUT2D eigenvalue weighted by molar-refractivity contribution is 6.42. The lowest BCUT2D eigenvalue weighted by Crippen LogP contribution is -2.33. The normalized spacial score (nSPS) is 14.6. The molecule has 0 spiro atoms. The smallest absolute Gasteiger partial charge is 0.399 e. The van der Waals surface area contributed by atoms with E-state index in [4.69, 9.17) is 28.0 Å². The zero-order chi connectivity index (χ0) is 33.4. The van der Waals surface area contributed by atoms with Gasteiger partial charge in [-0.3, -0.25) is 0 Å². The summed E-state index contributed by atoms with van der Waals surface area (Å²) in [7, 11) is 2.67. The Morgan fingerprint density at radius 2 is 1.51 bits per heavy atom. The Hall–Kier alpha value is -2.99. The zero-order valence-electron chi connectivity index (χ0n) is 24.9. The van der Waals surface area contributed by atoms with Crippen LogP contribution in [0.5, 0.6) is 0 Å². The second kappa shape index (κ2) is 15.5. The lowest BCUT2D eigenvalue weighted by Gasteiger charge is -2.28. The van der Waals surface area contributed by atoms with Crippen molar-refractivity contribution < 1.29 is 36.3 Å². The molecule has 0 bridgehead atoms. The summed E-state index contributed by atoms with van der Waals surface area (Å²) < 4.78 is 81.1. The highest BCUT2D eigenvalue weighted by atomic mass is 35.5. The summed E-state index contributed by atoms with van der Waals surface area (Å²) in [4.78, 5) is 6.33. The third kappa shape index (κ3) is 10.00. The number of nitrogens with zero attached hydrogens (tertiary/aromatic N) is 2. The first-order valence-corrected chi connectivity index (χ1v) is 14.9. The molecule has 0 aliphatic heterocycles. The number of rotatable bonds is 14. The van der Waals surface area contributed by atoms with Crippen LogP contribution in [0.25, 0.3) is 0 Å². The van der Waals surface area contributed by atoms with Crippen molar-refractivity contribution in [2.45, 2.75) is 50.1 Å². The molecule has 0 aliphatic rings. The van der Waals surface area contributed by atoms with E-state index in [1.54, 1.807) is 18.2 Å². The van der Waals surface area contributed by atoms with Crippen LogP contribution < -0.4 is 10.2 Å². The Morgan fingerprint density at radius 1 is 0.889 bits per heavy atom. The summed E-state index contributed by atoms with van der Waals surface area (Å²) in [6.45, 7) is 2.63. The number of hydrogen-bond acceptors (Lipinski definition) is 5. The number of aliphatic hydroxyl groups is 1. The molecule has 5 nitrogen and oxygen atoms in total. The van der Waals surface area contributed by atoms with E-state index in [9.17, 15) is 31.4 Å². The first-order valence-electron chi connectivity index (χ1n) is 14.1. The number of oxime groups is 1. The molecule has 0 aromatic heterocycles. The third-order valence-corrected chi connectivity index (χ3v) is 8.33. The van der Waals surface area contributed by atoms with Crippen LogP contribution in [0.4, 0.5) is 32.0 Å². The van der Waals surface area contributed by atoms with Crippen LogP contribution >= 0.6 is 23.2 Å². The predicted octanol–water partition coefficient (Wildman–Crippen LogP) is 8.92. The second-order valence-electron chi connectivity index (χ2n) is 10.7. The lowest BCUT2D eigenvalue weighted by atomic mass is 9.88. The van der Waals surface area contributed by atoms with Gasteiger partial charge in [-0.25, -0.2) is 0 Å². The molecule has 0 fully saturated rings. The van der Waals surface area contributed by atoms with Crippen molar-refractivity contribution in [2.24, 2.45) is 5.16 Å². The van der Waals surface area contributed by atoms with Crippen molar-refractivity contribution in [3.8, 4) is 0 Å². The topological polar surface area (TPSA) is 57.1 Å². The fourth-order valence-electron chi connectivity index (χ4n) is 5.01. The van der Waals surface area contributed by atoms with Crippen LogP contribution in [0.3, 0.4) is 0 Å². The van der Waals surface area contributed by atoms with Gasteiger partial charge in [-0.1, -0.05) is 71.7 Å². The fraction of sp³-hybridized carbons (Fsp3) is 0.406. The Kier molecular flexibility index (Phi) is 12.6. The molecule has 2 N–H and O–H groups in total. The van der Waals surface area contributed by atoms with E-state index in [-0.39, 0.29) is 23.3 Å². The van der Waals surface area contributed by atoms with Gasteiger partial charge >= 0.3 is 12.4 Å². The quantitative estimate of drug-likeness (QED) is 0.0774. The number of benzene rings is 3. The molecule has 2 unspecified atom stereocenters. The van der Waals surface area contributed by atoms with Crippen LogP contribution in [0.15, 0.2) is 71.9 Å². The highest BCUT2D eigenvalue weighted by Gasteiger charge is 2.37. The molecular weight excluding hydrogens is 643 g/mol. The number of nitrogens with one attached hydrogen (secondary N) is 1. The van der Waals surface area contributed by atoms with Gasteiger partial charge in [0.1, 0.15) is 7.11 Å². The monoisotopic (exact) mass is 677 g/mol. The number of anilines is 1. The fourth-order valence-corrected chi connectivity index (χ4v) is 5.31. The molecule has 3 aromatic carbocycles. The molecular formula is C32H35Cl2F6N3O2. The molecule has 0 saturated heterocycles. The minimum absolute atomic E-state index is 0.0864. The third-order valence-electron chi connectivity index (χ3n) is 7.59. The van der Waals surface area contributed by atoms with E-state index in [2.05, 4.69) is 10.5 Å². The first-order chi connectivity index (χ1) is 21.1. The van der Waals surface area contributed by atoms with E-state index in [1.807, 2.05) is 37.3 Å². The molecule has 3 aromatic rings. The van der Waals surface area contributed by atoms with Crippen molar-refractivity contribution in [1.29, 1.82) is 0 Å². The lowest BCUT2D eigenvalue weighted by molar-refractivity contribution is -0.143. The molecule has 3 rings (SSSR count). The highest BCUT2D eigenvalue weighted by Crippen LogP contribution is 2.39. The summed E-state index contributed by atoms with van der Waals surface area (Å²) in [5.41, 5.74) is -2.35. The molecule has 0 aliphatic carbocycles. The summed E-state index contributed by atoms with van der Waals surface area (Å²) in [5, 5.41) is 19.2. The Labute approximate surface area is 268 Å². The van der Waals surface area contributed by atoms with Gasteiger partial charge in [-0.15, -0.1) is 0 Å². The summed E-state index contributed by atoms with van der Waals surface area (Å²) >= 11 is 12.4.